The largest absolute Gasteiger partial charge is 0.488 e. The summed E-state index contributed by atoms with van der Waals surface area (Å²) in [6.45, 7) is 1.53. The predicted molar refractivity (Wildman–Crippen MR) is 69.7 cm³/mol. The molecule has 0 spiro atoms. The van der Waals surface area contributed by atoms with Gasteiger partial charge in [-0.2, -0.15) is 0 Å². The van der Waals surface area contributed by atoms with Gasteiger partial charge >= 0.3 is 0 Å². The number of rotatable bonds is 4. The van der Waals surface area contributed by atoms with Crippen LogP contribution in [0, 0.1) is 17.5 Å². The first-order valence-corrected chi connectivity index (χ1v) is 6.09. The highest BCUT2D eigenvalue weighted by Gasteiger charge is 2.11. The number of hydrogen-bond acceptors (Lipinski definition) is 2. The first kappa shape index (κ1) is 14.4. The van der Waals surface area contributed by atoms with Crippen LogP contribution in [0.25, 0.3) is 0 Å². The summed E-state index contributed by atoms with van der Waals surface area (Å²) in [4.78, 5) is 0. The van der Waals surface area contributed by atoms with Crippen LogP contribution >= 0.6 is 0 Å². The van der Waals surface area contributed by atoms with Gasteiger partial charge < -0.3 is 10.5 Å². The molecular formula is C15H14F3NO. The van der Waals surface area contributed by atoms with Gasteiger partial charge in [0, 0.05) is 17.2 Å². The van der Waals surface area contributed by atoms with Crippen LogP contribution in [-0.4, -0.2) is 0 Å². The number of halogens is 3. The third-order valence-electron chi connectivity index (χ3n) is 2.85. The van der Waals surface area contributed by atoms with E-state index in [9.17, 15) is 13.2 Å². The second-order valence-corrected chi connectivity index (χ2v) is 4.50. The van der Waals surface area contributed by atoms with Crippen LogP contribution in [-0.2, 0) is 6.61 Å². The SMILES string of the molecule is CC(N)c1cc(F)ccc1OCc1cc(F)ccc1F. The van der Waals surface area contributed by atoms with Crippen LogP contribution in [0.15, 0.2) is 36.4 Å². The number of hydrogen-bond donors (Lipinski definition) is 1. The molecule has 0 aliphatic rings. The average molecular weight is 281 g/mol. The van der Waals surface area contributed by atoms with E-state index in [0.717, 1.165) is 18.2 Å². The zero-order valence-electron chi connectivity index (χ0n) is 10.9. The third-order valence-corrected chi connectivity index (χ3v) is 2.85. The molecule has 0 aliphatic carbocycles. The Balaban J connectivity index is 2.20. The van der Waals surface area contributed by atoms with Gasteiger partial charge in [-0.1, -0.05) is 0 Å². The monoisotopic (exact) mass is 281 g/mol. The Morgan fingerprint density at radius 3 is 2.40 bits per heavy atom. The summed E-state index contributed by atoms with van der Waals surface area (Å²) in [6, 6.07) is 6.61. The summed E-state index contributed by atoms with van der Waals surface area (Å²) in [6.07, 6.45) is 0. The van der Waals surface area contributed by atoms with Gasteiger partial charge in [0.05, 0.1) is 0 Å². The van der Waals surface area contributed by atoms with Gasteiger partial charge in [0.2, 0.25) is 0 Å². The molecule has 0 heterocycles. The summed E-state index contributed by atoms with van der Waals surface area (Å²) in [5.41, 5.74) is 6.29. The quantitative estimate of drug-likeness (QED) is 0.927. The summed E-state index contributed by atoms with van der Waals surface area (Å²) in [5, 5.41) is 0. The molecular weight excluding hydrogens is 267 g/mol. The van der Waals surface area contributed by atoms with Gasteiger partial charge in [-0.3, -0.25) is 0 Å². The second kappa shape index (κ2) is 5.96. The molecule has 0 aliphatic heterocycles. The van der Waals surface area contributed by atoms with E-state index in [4.69, 9.17) is 10.5 Å². The lowest BCUT2D eigenvalue weighted by molar-refractivity contribution is 0.294. The molecule has 2 nitrogen and oxygen atoms in total. The first-order valence-electron chi connectivity index (χ1n) is 6.09. The van der Waals surface area contributed by atoms with Gasteiger partial charge in [0.15, 0.2) is 0 Å². The number of ether oxygens (including phenoxy) is 1. The van der Waals surface area contributed by atoms with E-state index < -0.39 is 23.5 Å². The summed E-state index contributed by atoms with van der Waals surface area (Å²) < 4.78 is 45.1. The lowest BCUT2D eigenvalue weighted by Crippen LogP contribution is -2.09. The molecule has 2 rings (SSSR count). The van der Waals surface area contributed by atoms with Crippen molar-refractivity contribution < 1.29 is 17.9 Å². The first-order chi connectivity index (χ1) is 9.47. The van der Waals surface area contributed by atoms with Crippen molar-refractivity contribution in [3.8, 4) is 5.75 Å². The highest BCUT2D eigenvalue weighted by Crippen LogP contribution is 2.26. The second-order valence-electron chi connectivity index (χ2n) is 4.50. The standard InChI is InChI=1S/C15H14F3NO/c1-9(19)13-7-12(17)3-5-15(13)20-8-10-6-11(16)2-4-14(10)18/h2-7,9H,8,19H2,1H3. The number of benzene rings is 2. The molecule has 0 amide bonds. The highest BCUT2D eigenvalue weighted by molar-refractivity contribution is 5.36. The van der Waals surface area contributed by atoms with E-state index in [1.165, 1.54) is 18.2 Å². The number of nitrogens with two attached hydrogens (primary N) is 1. The average Bonchev–Trinajstić information content (AvgIpc) is 2.40. The fourth-order valence-electron chi connectivity index (χ4n) is 1.82. The topological polar surface area (TPSA) is 35.2 Å². The zero-order valence-corrected chi connectivity index (χ0v) is 10.9. The van der Waals surface area contributed by atoms with Crippen LogP contribution in [0.1, 0.15) is 24.1 Å². The maximum absolute atomic E-state index is 13.5. The van der Waals surface area contributed by atoms with E-state index >= 15 is 0 Å². The molecule has 106 valence electrons. The molecule has 0 aromatic heterocycles. The molecule has 2 aromatic carbocycles. The minimum Gasteiger partial charge on any atom is -0.488 e. The van der Waals surface area contributed by atoms with Crippen LogP contribution < -0.4 is 10.5 Å². The van der Waals surface area contributed by atoms with Crippen molar-refractivity contribution in [1.29, 1.82) is 0 Å². The Hall–Kier alpha value is -2.01. The van der Waals surface area contributed by atoms with E-state index in [0.29, 0.717) is 11.3 Å². The molecule has 0 radical (unpaired) electrons. The molecule has 0 bridgehead atoms. The molecule has 2 aromatic rings. The van der Waals surface area contributed by atoms with Crippen molar-refractivity contribution in [1.82, 2.24) is 0 Å². The van der Waals surface area contributed by atoms with E-state index in [1.54, 1.807) is 6.92 Å². The molecule has 1 atom stereocenters. The highest BCUT2D eigenvalue weighted by atomic mass is 19.1. The van der Waals surface area contributed by atoms with E-state index in [2.05, 4.69) is 0 Å². The minimum atomic E-state index is -0.559. The van der Waals surface area contributed by atoms with E-state index in [1.807, 2.05) is 0 Å². The van der Waals surface area contributed by atoms with Crippen molar-refractivity contribution in [2.75, 3.05) is 0 Å². The van der Waals surface area contributed by atoms with Crippen LogP contribution in [0.4, 0.5) is 13.2 Å². The van der Waals surface area contributed by atoms with Crippen LogP contribution in [0.2, 0.25) is 0 Å². The van der Waals surface area contributed by atoms with Gasteiger partial charge in [0.1, 0.15) is 29.8 Å². The third kappa shape index (κ3) is 3.30. The van der Waals surface area contributed by atoms with Crippen molar-refractivity contribution in [2.45, 2.75) is 19.6 Å². The molecule has 0 saturated heterocycles. The van der Waals surface area contributed by atoms with Gasteiger partial charge in [-0.05, 0) is 43.3 Å². The molecule has 0 fully saturated rings. The maximum atomic E-state index is 13.5. The molecule has 2 N–H and O–H groups in total. The molecule has 20 heavy (non-hydrogen) atoms. The van der Waals surface area contributed by atoms with Crippen molar-refractivity contribution in [2.24, 2.45) is 5.73 Å². The summed E-state index contributed by atoms with van der Waals surface area (Å²) >= 11 is 0. The Morgan fingerprint density at radius 2 is 1.70 bits per heavy atom. The molecule has 0 saturated carbocycles. The molecule has 1 unspecified atom stereocenters. The summed E-state index contributed by atoms with van der Waals surface area (Å²) in [7, 11) is 0. The minimum absolute atomic E-state index is 0.0879. The van der Waals surface area contributed by atoms with Crippen molar-refractivity contribution in [3.05, 3.63) is 65.0 Å². The van der Waals surface area contributed by atoms with Gasteiger partial charge in [0.25, 0.3) is 0 Å². The van der Waals surface area contributed by atoms with Crippen LogP contribution in [0.5, 0.6) is 5.75 Å². The normalized spacial score (nSPS) is 12.2. The Bertz CT molecular complexity index is 614. The molecule has 5 heteroatoms. The van der Waals surface area contributed by atoms with Gasteiger partial charge in [-0.25, -0.2) is 13.2 Å². The fourth-order valence-corrected chi connectivity index (χ4v) is 1.82. The predicted octanol–water partition coefficient (Wildman–Crippen LogP) is 3.70. The van der Waals surface area contributed by atoms with Crippen molar-refractivity contribution >= 4 is 0 Å². The zero-order chi connectivity index (χ0) is 14.7. The fraction of sp³-hybridized carbons (Fsp3) is 0.200. The Morgan fingerprint density at radius 1 is 1.05 bits per heavy atom. The van der Waals surface area contributed by atoms with E-state index in [-0.39, 0.29) is 12.2 Å². The van der Waals surface area contributed by atoms with Gasteiger partial charge in [-0.15, -0.1) is 0 Å². The maximum Gasteiger partial charge on any atom is 0.130 e. The Labute approximate surface area is 115 Å². The smallest absolute Gasteiger partial charge is 0.130 e. The van der Waals surface area contributed by atoms with Crippen molar-refractivity contribution in [3.63, 3.8) is 0 Å². The lowest BCUT2D eigenvalue weighted by Gasteiger charge is -2.14. The summed E-state index contributed by atoms with van der Waals surface area (Å²) in [5.74, 6) is -1.18. The lowest BCUT2D eigenvalue weighted by atomic mass is 10.1. The van der Waals surface area contributed by atoms with Crippen LogP contribution in [0.3, 0.4) is 0 Å². The Kier molecular flexibility index (Phi) is 4.29.